The lowest BCUT2D eigenvalue weighted by Crippen LogP contribution is -2.08. The van der Waals surface area contributed by atoms with E-state index in [4.69, 9.17) is 20.3 Å². The van der Waals surface area contributed by atoms with Crippen molar-refractivity contribution in [3.63, 3.8) is 0 Å². The van der Waals surface area contributed by atoms with Crippen LogP contribution in [0.15, 0.2) is 30.4 Å². The Morgan fingerprint density at radius 1 is 1.33 bits per heavy atom. The molecule has 1 aliphatic rings. The summed E-state index contributed by atoms with van der Waals surface area (Å²) in [4.78, 5) is 10.4. The van der Waals surface area contributed by atoms with Gasteiger partial charge < -0.3 is 20.3 Å². The molecule has 1 atom stereocenters. The summed E-state index contributed by atoms with van der Waals surface area (Å²) >= 11 is 0. The largest absolute Gasteiger partial charge is 0.490 e. The molecule has 0 spiro atoms. The SMILES string of the molecule is NC(/C=C/C(=O)O)c1ccc2c(c1)OCCCO2. The number of rotatable bonds is 3. The molecule has 0 radical (unpaired) electrons. The predicted octanol–water partition coefficient (Wildman–Crippen LogP) is 1.49. The fraction of sp³-hybridized carbons (Fsp3) is 0.308. The molecule has 0 aromatic heterocycles. The smallest absolute Gasteiger partial charge is 0.328 e. The second-order valence-electron chi connectivity index (χ2n) is 3.98. The van der Waals surface area contributed by atoms with Crippen LogP contribution >= 0.6 is 0 Å². The quantitative estimate of drug-likeness (QED) is 0.793. The maximum atomic E-state index is 10.4. The minimum absolute atomic E-state index is 0.474. The second-order valence-corrected chi connectivity index (χ2v) is 3.98. The number of aliphatic carboxylic acids is 1. The van der Waals surface area contributed by atoms with Gasteiger partial charge in [0.1, 0.15) is 0 Å². The average Bonchev–Trinajstić information content (AvgIpc) is 2.60. The van der Waals surface area contributed by atoms with Crippen molar-refractivity contribution < 1.29 is 19.4 Å². The molecule has 1 heterocycles. The van der Waals surface area contributed by atoms with Crippen LogP contribution in [0, 0.1) is 0 Å². The van der Waals surface area contributed by atoms with Gasteiger partial charge in [0.25, 0.3) is 0 Å². The molecular formula is C13H15NO4. The molecule has 0 aliphatic carbocycles. The Morgan fingerprint density at radius 3 is 2.78 bits per heavy atom. The Labute approximate surface area is 105 Å². The van der Waals surface area contributed by atoms with E-state index in [1.807, 2.05) is 6.07 Å². The van der Waals surface area contributed by atoms with Gasteiger partial charge in [-0.25, -0.2) is 4.79 Å². The minimum atomic E-state index is -1.01. The first-order valence-electron chi connectivity index (χ1n) is 5.73. The van der Waals surface area contributed by atoms with E-state index < -0.39 is 12.0 Å². The molecule has 3 N–H and O–H groups in total. The molecule has 1 unspecified atom stereocenters. The number of carbonyl (C=O) groups is 1. The molecule has 2 rings (SSSR count). The number of carboxylic acids is 1. The van der Waals surface area contributed by atoms with Crippen LogP contribution in [0.2, 0.25) is 0 Å². The summed E-state index contributed by atoms with van der Waals surface area (Å²) in [6, 6.07) is 4.92. The van der Waals surface area contributed by atoms with Gasteiger partial charge in [0.2, 0.25) is 0 Å². The van der Waals surface area contributed by atoms with Crippen molar-refractivity contribution >= 4 is 5.97 Å². The van der Waals surface area contributed by atoms with Crippen LogP contribution in [0.5, 0.6) is 11.5 Å². The predicted molar refractivity (Wildman–Crippen MR) is 65.8 cm³/mol. The summed E-state index contributed by atoms with van der Waals surface area (Å²) in [7, 11) is 0. The highest BCUT2D eigenvalue weighted by Crippen LogP contribution is 2.32. The number of hydrogen-bond donors (Lipinski definition) is 2. The lowest BCUT2D eigenvalue weighted by Gasteiger charge is -2.11. The first kappa shape index (κ1) is 12.4. The number of ether oxygens (including phenoxy) is 2. The molecule has 0 fully saturated rings. The van der Waals surface area contributed by atoms with Crippen LogP contribution in [-0.4, -0.2) is 24.3 Å². The molecule has 0 bridgehead atoms. The Balaban J connectivity index is 2.19. The van der Waals surface area contributed by atoms with Crippen molar-refractivity contribution in [2.45, 2.75) is 12.5 Å². The fourth-order valence-electron chi connectivity index (χ4n) is 1.68. The number of benzene rings is 1. The monoisotopic (exact) mass is 249 g/mol. The van der Waals surface area contributed by atoms with E-state index in [-0.39, 0.29) is 0 Å². The van der Waals surface area contributed by atoms with Gasteiger partial charge in [0.15, 0.2) is 11.5 Å². The van der Waals surface area contributed by atoms with Crippen molar-refractivity contribution in [2.24, 2.45) is 5.73 Å². The number of carboxylic acid groups (broad SMARTS) is 1. The zero-order chi connectivity index (χ0) is 13.0. The summed E-state index contributed by atoms with van der Waals surface area (Å²) in [5.74, 6) is 0.342. The standard InChI is InChI=1S/C13H15NO4/c14-10(3-5-13(15)16)9-2-4-11-12(8-9)18-7-1-6-17-11/h2-5,8,10H,1,6-7,14H2,(H,15,16)/b5-3+. The van der Waals surface area contributed by atoms with Crippen LogP contribution in [-0.2, 0) is 4.79 Å². The minimum Gasteiger partial charge on any atom is -0.490 e. The number of nitrogens with two attached hydrogens (primary N) is 1. The van der Waals surface area contributed by atoms with Gasteiger partial charge in [-0.05, 0) is 17.7 Å². The topological polar surface area (TPSA) is 81.8 Å². The van der Waals surface area contributed by atoms with Crippen molar-refractivity contribution in [1.29, 1.82) is 0 Å². The summed E-state index contributed by atoms with van der Waals surface area (Å²) < 4.78 is 11.0. The highest BCUT2D eigenvalue weighted by Gasteiger charge is 2.12. The van der Waals surface area contributed by atoms with Gasteiger partial charge in [0.05, 0.1) is 13.2 Å². The molecule has 0 saturated carbocycles. The third-order valence-electron chi connectivity index (χ3n) is 2.60. The van der Waals surface area contributed by atoms with Crippen LogP contribution < -0.4 is 15.2 Å². The lowest BCUT2D eigenvalue weighted by molar-refractivity contribution is -0.131. The molecule has 5 nitrogen and oxygen atoms in total. The van der Waals surface area contributed by atoms with Crippen LogP contribution in [0.1, 0.15) is 18.0 Å². The maximum Gasteiger partial charge on any atom is 0.328 e. The zero-order valence-electron chi connectivity index (χ0n) is 9.83. The summed E-state index contributed by atoms with van der Waals surface area (Å²) in [6.45, 7) is 1.24. The van der Waals surface area contributed by atoms with Crippen molar-refractivity contribution in [3.8, 4) is 11.5 Å². The summed E-state index contributed by atoms with van der Waals surface area (Å²) in [5, 5.41) is 8.55. The van der Waals surface area contributed by atoms with Crippen LogP contribution in [0.3, 0.4) is 0 Å². The average molecular weight is 249 g/mol. The number of fused-ring (bicyclic) bond motifs is 1. The van der Waals surface area contributed by atoms with Gasteiger partial charge in [-0.15, -0.1) is 0 Å². The van der Waals surface area contributed by atoms with Gasteiger partial charge in [-0.1, -0.05) is 12.1 Å². The Bertz CT molecular complexity index is 470. The van der Waals surface area contributed by atoms with Crippen molar-refractivity contribution in [2.75, 3.05) is 13.2 Å². The third kappa shape index (κ3) is 3.01. The molecule has 5 heteroatoms. The van der Waals surface area contributed by atoms with E-state index in [0.29, 0.717) is 24.7 Å². The van der Waals surface area contributed by atoms with Crippen molar-refractivity contribution in [3.05, 3.63) is 35.9 Å². The van der Waals surface area contributed by atoms with Gasteiger partial charge in [-0.2, -0.15) is 0 Å². The van der Waals surface area contributed by atoms with E-state index in [1.165, 1.54) is 6.08 Å². The molecule has 1 aromatic rings. The molecule has 0 saturated heterocycles. The maximum absolute atomic E-state index is 10.4. The molecule has 96 valence electrons. The third-order valence-corrected chi connectivity index (χ3v) is 2.60. The normalized spacial score (nSPS) is 16.3. The molecule has 0 amide bonds. The van der Waals surface area contributed by atoms with Crippen LogP contribution in [0.25, 0.3) is 0 Å². The lowest BCUT2D eigenvalue weighted by atomic mass is 10.1. The molecule has 1 aromatic carbocycles. The first-order valence-corrected chi connectivity index (χ1v) is 5.73. The molecule has 1 aliphatic heterocycles. The van der Waals surface area contributed by atoms with Gasteiger partial charge in [-0.3, -0.25) is 0 Å². The summed E-state index contributed by atoms with van der Waals surface area (Å²) in [5.41, 5.74) is 6.66. The summed E-state index contributed by atoms with van der Waals surface area (Å²) in [6.07, 6.45) is 3.31. The Morgan fingerprint density at radius 2 is 2.06 bits per heavy atom. The van der Waals surface area contributed by atoms with E-state index in [2.05, 4.69) is 0 Å². The highest BCUT2D eigenvalue weighted by molar-refractivity contribution is 5.79. The first-order chi connectivity index (χ1) is 8.66. The zero-order valence-corrected chi connectivity index (χ0v) is 9.83. The Hall–Kier alpha value is -2.01. The Kier molecular flexibility index (Phi) is 3.84. The fourth-order valence-corrected chi connectivity index (χ4v) is 1.68. The number of hydrogen-bond acceptors (Lipinski definition) is 4. The van der Waals surface area contributed by atoms with E-state index in [1.54, 1.807) is 12.1 Å². The molecular weight excluding hydrogens is 234 g/mol. The van der Waals surface area contributed by atoms with Crippen molar-refractivity contribution in [1.82, 2.24) is 0 Å². The van der Waals surface area contributed by atoms with Crippen LogP contribution in [0.4, 0.5) is 0 Å². The van der Waals surface area contributed by atoms with E-state index in [9.17, 15) is 4.79 Å². The van der Waals surface area contributed by atoms with E-state index >= 15 is 0 Å². The van der Waals surface area contributed by atoms with Gasteiger partial charge >= 0.3 is 5.97 Å². The molecule has 18 heavy (non-hydrogen) atoms. The van der Waals surface area contributed by atoms with Gasteiger partial charge in [0, 0.05) is 18.5 Å². The van der Waals surface area contributed by atoms with E-state index in [0.717, 1.165) is 18.1 Å². The second kappa shape index (κ2) is 5.55. The highest BCUT2D eigenvalue weighted by atomic mass is 16.5.